The summed E-state index contributed by atoms with van der Waals surface area (Å²) in [7, 11) is 0. The summed E-state index contributed by atoms with van der Waals surface area (Å²) in [5.74, 6) is -0.365. The lowest BCUT2D eigenvalue weighted by Gasteiger charge is -1.99. The number of carboxylic acids is 1. The number of hydrogen-bond donors (Lipinski definition) is 2. The number of carbonyl (C=O) groups excluding carboxylic acids is 1. The minimum absolute atomic E-state index is 0.0902. The molecule has 0 radical (unpaired) electrons. The molecule has 0 fully saturated rings. The zero-order valence-corrected chi connectivity index (χ0v) is 8.45. The van der Waals surface area contributed by atoms with Crippen molar-refractivity contribution in [3.63, 3.8) is 0 Å². The maximum atomic E-state index is 11.4. The van der Waals surface area contributed by atoms with E-state index in [-0.39, 0.29) is 24.6 Å². The van der Waals surface area contributed by atoms with Crippen LogP contribution < -0.4 is 5.32 Å². The maximum absolute atomic E-state index is 11.4. The van der Waals surface area contributed by atoms with Crippen molar-refractivity contribution in [2.75, 3.05) is 6.54 Å². The summed E-state index contributed by atoms with van der Waals surface area (Å²) in [6, 6.07) is 3.31. The van der Waals surface area contributed by atoms with Gasteiger partial charge in [-0.3, -0.25) is 9.59 Å². The zero-order valence-electron chi connectivity index (χ0n) is 8.45. The molecular weight excluding hydrogens is 198 g/mol. The summed E-state index contributed by atoms with van der Waals surface area (Å²) in [5, 5.41) is 10.8. The second kappa shape index (κ2) is 5.19. The Morgan fingerprint density at radius 1 is 1.47 bits per heavy atom. The van der Waals surface area contributed by atoms with Crippen LogP contribution in [0, 0.1) is 0 Å². The third-order valence-corrected chi connectivity index (χ3v) is 1.86. The SMILES string of the molecule is CCc1ccc(C(=O)NCCC(=O)O)o1. The average Bonchev–Trinajstić information content (AvgIpc) is 2.65. The minimum Gasteiger partial charge on any atom is -0.481 e. The molecule has 0 aliphatic heterocycles. The lowest BCUT2D eigenvalue weighted by atomic mass is 10.3. The third-order valence-electron chi connectivity index (χ3n) is 1.86. The first-order chi connectivity index (χ1) is 7.13. The van der Waals surface area contributed by atoms with Crippen molar-refractivity contribution in [2.24, 2.45) is 0 Å². The van der Waals surface area contributed by atoms with Gasteiger partial charge in [-0.05, 0) is 12.1 Å². The molecule has 0 aliphatic rings. The van der Waals surface area contributed by atoms with E-state index in [1.54, 1.807) is 12.1 Å². The molecule has 1 amide bonds. The van der Waals surface area contributed by atoms with Crippen LogP contribution in [0.15, 0.2) is 16.5 Å². The fraction of sp³-hybridized carbons (Fsp3) is 0.400. The Kier molecular flexibility index (Phi) is 3.91. The second-order valence-electron chi connectivity index (χ2n) is 3.02. The van der Waals surface area contributed by atoms with Crippen molar-refractivity contribution in [2.45, 2.75) is 19.8 Å². The highest BCUT2D eigenvalue weighted by Gasteiger charge is 2.10. The van der Waals surface area contributed by atoms with Crippen molar-refractivity contribution in [3.05, 3.63) is 23.7 Å². The van der Waals surface area contributed by atoms with Crippen molar-refractivity contribution < 1.29 is 19.1 Å². The Bertz CT molecular complexity index is 356. The molecule has 0 saturated heterocycles. The van der Waals surface area contributed by atoms with Crippen molar-refractivity contribution in [1.82, 2.24) is 5.32 Å². The van der Waals surface area contributed by atoms with Gasteiger partial charge in [-0.1, -0.05) is 6.92 Å². The molecule has 1 aromatic rings. The largest absolute Gasteiger partial charge is 0.481 e. The molecule has 0 atom stereocenters. The normalized spacial score (nSPS) is 9.93. The monoisotopic (exact) mass is 211 g/mol. The summed E-state index contributed by atoms with van der Waals surface area (Å²) in [6.07, 6.45) is 0.634. The summed E-state index contributed by atoms with van der Waals surface area (Å²) >= 11 is 0. The van der Waals surface area contributed by atoms with E-state index in [4.69, 9.17) is 9.52 Å². The smallest absolute Gasteiger partial charge is 0.305 e. The van der Waals surface area contributed by atoms with Crippen LogP contribution in [0.4, 0.5) is 0 Å². The van der Waals surface area contributed by atoms with Crippen LogP contribution in [0.5, 0.6) is 0 Å². The van der Waals surface area contributed by atoms with E-state index >= 15 is 0 Å². The van der Waals surface area contributed by atoms with Gasteiger partial charge in [0.2, 0.25) is 0 Å². The molecular formula is C10H13NO4. The number of aryl methyl sites for hydroxylation is 1. The van der Waals surface area contributed by atoms with Gasteiger partial charge < -0.3 is 14.8 Å². The first kappa shape index (κ1) is 11.3. The quantitative estimate of drug-likeness (QED) is 0.762. The molecule has 5 nitrogen and oxygen atoms in total. The number of carboxylic acid groups (broad SMARTS) is 1. The molecule has 15 heavy (non-hydrogen) atoms. The number of rotatable bonds is 5. The van der Waals surface area contributed by atoms with E-state index in [1.165, 1.54) is 0 Å². The fourth-order valence-corrected chi connectivity index (χ4v) is 1.06. The second-order valence-corrected chi connectivity index (χ2v) is 3.02. The third kappa shape index (κ3) is 3.46. The number of aliphatic carboxylic acids is 1. The highest BCUT2D eigenvalue weighted by atomic mass is 16.4. The summed E-state index contributed by atoms with van der Waals surface area (Å²) in [6.45, 7) is 2.03. The standard InChI is InChI=1S/C10H13NO4/c1-2-7-3-4-8(15-7)10(14)11-6-5-9(12)13/h3-4H,2,5-6H2,1H3,(H,11,14)(H,12,13). The zero-order chi connectivity index (χ0) is 11.3. The number of nitrogens with one attached hydrogen (secondary N) is 1. The molecule has 0 spiro atoms. The van der Waals surface area contributed by atoms with E-state index in [0.717, 1.165) is 12.2 Å². The van der Waals surface area contributed by atoms with Gasteiger partial charge in [0.25, 0.3) is 5.91 Å². The highest BCUT2D eigenvalue weighted by molar-refractivity contribution is 5.91. The van der Waals surface area contributed by atoms with Gasteiger partial charge in [0.15, 0.2) is 5.76 Å². The van der Waals surface area contributed by atoms with Gasteiger partial charge >= 0.3 is 5.97 Å². The van der Waals surface area contributed by atoms with Crippen molar-refractivity contribution >= 4 is 11.9 Å². The highest BCUT2D eigenvalue weighted by Crippen LogP contribution is 2.07. The van der Waals surface area contributed by atoms with E-state index in [2.05, 4.69) is 5.32 Å². The van der Waals surface area contributed by atoms with Gasteiger partial charge in [-0.2, -0.15) is 0 Å². The topological polar surface area (TPSA) is 79.5 Å². The van der Waals surface area contributed by atoms with Gasteiger partial charge in [0.1, 0.15) is 5.76 Å². The van der Waals surface area contributed by atoms with E-state index in [9.17, 15) is 9.59 Å². The van der Waals surface area contributed by atoms with Gasteiger partial charge in [0, 0.05) is 13.0 Å². The molecule has 1 heterocycles. The van der Waals surface area contributed by atoms with Crippen LogP contribution in [0.1, 0.15) is 29.7 Å². The molecule has 82 valence electrons. The van der Waals surface area contributed by atoms with Crippen LogP contribution in [-0.2, 0) is 11.2 Å². The molecule has 0 unspecified atom stereocenters. The number of carbonyl (C=O) groups is 2. The Hall–Kier alpha value is -1.78. The molecule has 1 rings (SSSR count). The average molecular weight is 211 g/mol. The van der Waals surface area contributed by atoms with Crippen LogP contribution in [0.2, 0.25) is 0 Å². The summed E-state index contributed by atoms with van der Waals surface area (Å²) in [5.41, 5.74) is 0. The van der Waals surface area contributed by atoms with Gasteiger partial charge in [-0.15, -0.1) is 0 Å². The van der Waals surface area contributed by atoms with E-state index in [0.29, 0.717) is 0 Å². The van der Waals surface area contributed by atoms with Gasteiger partial charge in [0.05, 0.1) is 6.42 Å². The van der Waals surface area contributed by atoms with Gasteiger partial charge in [-0.25, -0.2) is 0 Å². The number of furan rings is 1. The predicted octanol–water partition coefficient (Wildman–Crippen LogP) is 1.05. The molecule has 0 aliphatic carbocycles. The molecule has 2 N–H and O–H groups in total. The fourth-order valence-electron chi connectivity index (χ4n) is 1.06. The lowest BCUT2D eigenvalue weighted by molar-refractivity contribution is -0.136. The Morgan fingerprint density at radius 2 is 2.20 bits per heavy atom. The molecule has 0 saturated carbocycles. The van der Waals surface area contributed by atoms with Crippen molar-refractivity contribution in [3.8, 4) is 0 Å². The Balaban J connectivity index is 2.43. The maximum Gasteiger partial charge on any atom is 0.305 e. The van der Waals surface area contributed by atoms with E-state index < -0.39 is 5.97 Å². The predicted molar refractivity (Wildman–Crippen MR) is 52.7 cm³/mol. The summed E-state index contributed by atoms with van der Waals surface area (Å²) in [4.78, 5) is 21.6. The lowest BCUT2D eigenvalue weighted by Crippen LogP contribution is -2.25. The number of amides is 1. The molecule has 0 aromatic carbocycles. The molecule has 5 heteroatoms. The molecule has 0 bridgehead atoms. The van der Waals surface area contributed by atoms with E-state index in [1.807, 2.05) is 6.92 Å². The first-order valence-corrected chi connectivity index (χ1v) is 4.72. The van der Waals surface area contributed by atoms with Crippen molar-refractivity contribution in [1.29, 1.82) is 0 Å². The van der Waals surface area contributed by atoms with Crippen LogP contribution in [-0.4, -0.2) is 23.5 Å². The Labute approximate surface area is 87.1 Å². The molecule has 1 aromatic heterocycles. The number of hydrogen-bond acceptors (Lipinski definition) is 3. The Morgan fingerprint density at radius 3 is 2.73 bits per heavy atom. The minimum atomic E-state index is -0.941. The van der Waals surface area contributed by atoms with Crippen LogP contribution >= 0.6 is 0 Å². The van der Waals surface area contributed by atoms with Crippen LogP contribution in [0.25, 0.3) is 0 Å². The summed E-state index contributed by atoms with van der Waals surface area (Å²) < 4.78 is 5.19. The van der Waals surface area contributed by atoms with Crippen LogP contribution in [0.3, 0.4) is 0 Å². The first-order valence-electron chi connectivity index (χ1n) is 4.72.